The van der Waals surface area contributed by atoms with Gasteiger partial charge in [-0.05, 0) is 38.2 Å². The summed E-state index contributed by atoms with van der Waals surface area (Å²) in [5.41, 5.74) is 0.264. The molecule has 0 unspecified atom stereocenters. The standard InChI is InChI=1S/C19H30N4O4S/c1-22(14-18(24)21-15-8-4-2-5-9-15)28(26,27)16-12-17(20-13-16)19(25)23-10-6-3-7-11-23/h12-13,15,20H,2-11,14H2,1H3,(H,21,24). The quantitative estimate of drug-likeness (QED) is 0.745. The van der Waals surface area contributed by atoms with E-state index in [1.165, 1.54) is 25.7 Å². The van der Waals surface area contributed by atoms with Crippen molar-refractivity contribution in [2.75, 3.05) is 26.7 Å². The highest BCUT2D eigenvalue weighted by molar-refractivity contribution is 7.89. The zero-order valence-electron chi connectivity index (χ0n) is 16.4. The van der Waals surface area contributed by atoms with Gasteiger partial charge in [0.15, 0.2) is 0 Å². The number of amides is 2. The molecule has 9 heteroatoms. The van der Waals surface area contributed by atoms with Crippen LogP contribution >= 0.6 is 0 Å². The number of H-pyrrole nitrogens is 1. The van der Waals surface area contributed by atoms with Crippen LogP contribution in [0.4, 0.5) is 0 Å². The Hall–Kier alpha value is -1.87. The molecule has 1 aromatic rings. The Kier molecular flexibility index (Phi) is 6.77. The number of piperidine rings is 1. The minimum Gasteiger partial charge on any atom is -0.356 e. The van der Waals surface area contributed by atoms with E-state index in [0.717, 1.165) is 49.3 Å². The number of likely N-dealkylation sites (N-methyl/N-ethyl adjacent to an activating group) is 1. The molecule has 2 N–H and O–H groups in total. The SMILES string of the molecule is CN(CC(=O)NC1CCCCC1)S(=O)(=O)c1c[nH]c(C(=O)N2CCCCC2)c1. The molecular weight excluding hydrogens is 380 g/mol. The number of likely N-dealkylation sites (tertiary alicyclic amines) is 1. The Morgan fingerprint density at radius 3 is 2.46 bits per heavy atom. The van der Waals surface area contributed by atoms with Gasteiger partial charge in [0.1, 0.15) is 10.6 Å². The van der Waals surface area contributed by atoms with Crippen molar-refractivity contribution < 1.29 is 18.0 Å². The average Bonchev–Trinajstić information content (AvgIpc) is 3.19. The monoisotopic (exact) mass is 410 g/mol. The fourth-order valence-electron chi connectivity index (χ4n) is 3.90. The maximum Gasteiger partial charge on any atom is 0.270 e. The zero-order chi connectivity index (χ0) is 20.1. The van der Waals surface area contributed by atoms with Crippen LogP contribution in [-0.4, -0.2) is 67.1 Å². The van der Waals surface area contributed by atoms with Gasteiger partial charge in [0.2, 0.25) is 15.9 Å². The molecule has 28 heavy (non-hydrogen) atoms. The van der Waals surface area contributed by atoms with E-state index in [1.54, 1.807) is 4.90 Å². The van der Waals surface area contributed by atoms with Gasteiger partial charge in [-0.1, -0.05) is 19.3 Å². The van der Waals surface area contributed by atoms with E-state index >= 15 is 0 Å². The van der Waals surface area contributed by atoms with Gasteiger partial charge < -0.3 is 15.2 Å². The van der Waals surface area contributed by atoms with Gasteiger partial charge in [-0.3, -0.25) is 9.59 Å². The molecule has 0 atom stereocenters. The van der Waals surface area contributed by atoms with Crippen LogP contribution < -0.4 is 5.32 Å². The van der Waals surface area contributed by atoms with E-state index < -0.39 is 10.0 Å². The highest BCUT2D eigenvalue weighted by Crippen LogP contribution is 2.19. The molecule has 0 radical (unpaired) electrons. The van der Waals surface area contributed by atoms with Crippen LogP contribution in [0.5, 0.6) is 0 Å². The molecule has 156 valence electrons. The van der Waals surface area contributed by atoms with Crippen molar-refractivity contribution in [3.05, 3.63) is 18.0 Å². The average molecular weight is 411 g/mol. The number of nitrogens with one attached hydrogen (secondary N) is 2. The minimum absolute atomic E-state index is 0.000765. The molecule has 2 fully saturated rings. The Balaban J connectivity index is 1.60. The fraction of sp³-hybridized carbons (Fsp3) is 0.684. The van der Waals surface area contributed by atoms with Crippen molar-refractivity contribution in [3.8, 4) is 0 Å². The number of nitrogens with zero attached hydrogens (tertiary/aromatic N) is 2. The Bertz CT molecular complexity index is 793. The third kappa shape index (κ3) is 4.94. The Morgan fingerprint density at radius 1 is 1.14 bits per heavy atom. The third-order valence-electron chi connectivity index (χ3n) is 5.57. The molecule has 1 aliphatic carbocycles. The number of carbonyl (C=O) groups is 2. The summed E-state index contributed by atoms with van der Waals surface area (Å²) >= 11 is 0. The van der Waals surface area contributed by atoms with E-state index in [2.05, 4.69) is 10.3 Å². The predicted molar refractivity (Wildman–Crippen MR) is 105 cm³/mol. The number of sulfonamides is 1. The lowest BCUT2D eigenvalue weighted by atomic mass is 9.95. The molecule has 1 saturated carbocycles. The first-order valence-corrected chi connectivity index (χ1v) is 11.6. The van der Waals surface area contributed by atoms with Gasteiger partial charge in [0.05, 0.1) is 6.54 Å². The molecule has 2 amide bonds. The second-order valence-corrected chi connectivity index (χ2v) is 9.81. The molecule has 1 saturated heterocycles. The smallest absolute Gasteiger partial charge is 0.270 e. The lowest BCUT2D eigenvalue weighted by Gasteiger charge is -2.26. The van der Waals surface area contributed by atoms with Crippen LogP contribution in [0.2, 0.25) is 0 Å². The van der Waals surface area contributed by atoms with E-state index in [1.807, 2.05) is 0 Å². The van der Waals surface area contributed by atoms with Crippen LogP contribution in [0, 0.1) is 0 Å². The summed E-state index contributed by atoms with van der Waals surface area (Å²) in [6.07, 6.45) is 9.64. The van der Waals surface area contributed by atoms with Gasteiger partial charge in [-0.25, -0.2) is 8.42 Å². The number of rotatable bonds is 6. The molecule has 2 heterocycles. The van der Waals surface area contributed by atoms with E-state index in [9.17, 15) is 18.0 Å². The molecule has 3 rings (SSSR count). The second kappa shape index (κ2) is 9.09. The molecule has 1 aliphatic heterocycles. The number of hydrogen-bond donors (Lipinski definition) is 2. The summed E-state index contributed by atoms with van der Waals surface area (Å²) in [4.78, 5) is 29.3. The molecule has 0 bridgehead atoms. The van der Waals surface area contributed by atoms with Crippen molar-refractivity contribution in [1.29, 1.82) is 0 Å². The topological polar surface area (TPSA) is 103 Å². The Morgan fingerprint density at radius 2 is 1.79 bits per heavy atom. The summed E-state index contributed by atoms with van der Waals surface area (Å²) in [6.45, 7) is 1.15. The molecule has 8 nitrogen and oxygen atoms in total. The number of carbonyl (C=O) groups excluding carboxylic acids is 2. The lowest BCUT2D eigenvalue weighted by molar-refractivity contribution is -0.122. The van der Waals surface area contributed by atoms with Gasteiger partial charge in [-0.15, -0.1) is 0 Å². The summed E-state index contributed by atoms with van der Waals surface area (Å²) in [7, 11) is -2.46. The highest BCUT2D eigenvalue weighted by Gasteiger charge is 2.27. The van der Waals surface area contributed by atoms with Crippen molar-refractivity contribution in [2.45, 2.75) is 62.3 Å². The normalized spacial score (nSPS) is 19.0. The Labute approximate surface area is 166 Å². The summed E-state index contributed by atoms with van der Waals surface area (Å²) in [6, 6.07) is 1.50. The van der Waals surface area contributed by atoms with Gasteiger partial charge in [0, 0.05) is 32.4 Å². The number of aromatic nitrogens is 1. The first-order chi connectivity index (χ1) is 13.4. The molecule has 0 spiro atoms. The summed E-state index contributed by atoms with van der Waals surface area (Å²) in [5.74, 6) is -0.475. The van der Waals surface area contributed by atoms with Crippen molar-refractivity contribution in [1.82, 2.24) is 19.5 Å². The molecule has 0 aromatic carbocycles. The number of hydrogen-bond acceptors (Lipinski definition) is 4. The van der Waals surface area contributed by atoms with Crippen LogP contribution in [0.3, 0.4) is 0 Å². The molecular formula is C19H30N4O4S. The van der Waals surface area contributed by atoms with Gasteiger partial charge in [0.25, 0.3) is 5.91 Å². The third-order valence-corrected chi connectivity index (χ3v) is 7.36. The van der Waals surface area contributed by atoms with Crippen LogP contribution in [0.1, 0.15) is 61.9 Å². The van der Waals surface area contributed by atoms with E-state index in [0.29, 0.717) is 13.1 Å². The van der Waals surface area contributed by atoms with Crippen molar-refractivity contribution in [3.63, 3.8) is 0 Å². The minimum atomic E-state index is -3.85. The van der Waals surface area contributed by atoms with Crippen LogP contribution in [-0.2, 0) is 14.8 Å². The van der Waals surface area contributed by atoms with E-state index in [-0.39, 0.29) is 35.0 Å². The van der Waals surface area contributed by atoms with Crippen molar-refractivity contribution in [2.24, 2.45) is 0 Å². The highest BCUT2D eigenvalue weighted by atomic mass is 32.2. The molecule has 2 aliphatic rings. The number of aromatic amines is 1. The lowest BCUT2D eigenvalue weighted by Crippen LogP contribution is -2.43. The van der Waals surface area contributed by atoms with E-state index in [4.69, 9.17) is 0 Å². The predicted octanol–water partition coefficient (Wildman–Crippen LogP) is 1.71. The first-order valence-electron chi connectivity index (χ1n) is 10.1. The van der Waals surface area contributed by atoms with Crippen molar-refractivity contribution >= 4 is 21.8 Å². The fourth-order valence-corrected chi connectivity index (χ4v) is 5.02. The maximum atomic E-state index is 12.8. The maximum absolute atomic E-state index is 12.8. The molecule has 1 aromatic heterocycles. The van der Waals surface area contributed by atoms with Gasteiger partial charge in [-0.2, -0.15) is 4.31 Å². The first kappa shape index (κ1) is 20.9. The second-order valence-electron chi connectivity index (χ2n) is 7.77. The van der Waals surface area contributed by atoms with Crippen LogP contribution in [0.15, 0.2) is 17.2 Å². The summed E-state index contributed by atoms with van der Waals surface area (Å²) in [5, 5.41) is 2.93. The largest absolute Gasteiger partial charge is 0.356 e. The zero-order valence-corrected chi connectivity index (χ0v) is 17.3. The summed E-state index contributed by atoms with van der Waals surface area (Å²) < 4.78 is 26.6. The van der Waals surface area contributed by atoms with Crippen LogP contribution in [0.25, 0.3) is 0 Å². The van der Waals surface area contributed by atoms with Gasteiger partial charge >= 0.3 is 0 Å².